The number of pyridine rings is 1. The molecule has 6 heteroatoms. The molecule has 0 spiro atoms. The van der Waals surface area contributed by atoms with Crippen molar-refractivity contribution in [1.29, 1.82) is 0 Å². The lowest BCUT2D eigenvalue weighted by Crippen LogP contribution is -2.06. The number of nitrogens with two attached hydrogens (primary N) is 1. The van der Waals surface area contributed by atoms with Crippen LogP contribution in [0.1, 0.15) is 5.56 Å². The van der Waals surface area contributed by atoms with Crippen LogP contribution in [0.3, 0.4) is 0 Å². The summed E-state index contributed by atoms with van der Waals surface area (Å²) in [6.45, 7) is 0. The quantitative estimate of drug-likeness (QED) is 0.859. The molecule has 2 aromatic rings. The zero-order valence-corrected chi connectivity index (χ0v) is 10.2. The second kappa shape index (κ2) is 4.73. The first kappa shape index (κ1) is 12.5. The first-order valence-corrected chi connectivity index (χ1v) is 6.81. The van der Waals surface area contributed by atoms with Crippen molar-refractivity contribution in [3.63, 3.8) is 0 Å². The molecule has 0 aliphatic carbocycles. The molecule has 1 aromatic carbocycles. The maximum Gasteiger partial charge on any atom is 0.182 e. The molecule has 2 rings (SSSR count). The SMILES string of the molecule is Nc1ccc(S(=O)(=O)Cc2ccncc2)cc1F. The summed E-state index contributed by atoms with van der Waals surface area (Å²) in [6, 6.07) is 6.69. The third-order valence-electron chi connectivity index (χ3n) is 2.44. The van der Waals surface area contributed by atoms with Crippen molar-refractivity contribution in [2.24, 2.45) is 0 Å². The number of sulfone groups is 1. The normalized spacial score (nSPS) is 11.4. The van der Waals surface area contributed by atoms with E-state index in [1.165, 1.54) is 24.5 Å². The van der Waals surface area contributed by atoms with Gasteiger partial charge in [-0.15, -0.1) is 0 Å². The standard InChI is InChI=1S/C12H11FN2O2S/c13-11-7-10(1-2-12(11)14)18(16,17)8-9-3-5-15-6-4-9/h1-7H,8,14H2. The van der Waals surface area contributed by atoms with E-state index in [2.05, 4.69) is 4.98 Å². The smallest absolute Gasteiger partial charge is 0.182 e. The molecule has 0 bridgehead atoms. The molecular weight excluding hydrogens is 255 g/mol. The Morgan fingerprint density at radius 1 is 1.17 bits per heavy atom. The monoisotopic (exact) mass is 266 g/mol. The zero-order chi connectivity index (χ0) is 13.2. The van der Waals surface area contributed by atoms with Crippen LogP contribution in [0.15, 0.2) is 47.6 Å². The van der Waals surface area contributed by atoms with Gasteiger partial charge < -0.3 is 5.73 Å². The lowest BCUT2D eigenvalue weighted by atomic mass is 10.3. The van der Waals surface area contributed by atoms with Crippen molar-refractivity contribution in [2.75, 3.05) is 5.73 Å². The number of nitrogen functional groups attached to an aromatic ring is 1. The van der Waals surface area contributed by atoms with E-state index in [0.717, 1.165) is 6.07 Å². The molecule has 0 amide bonds. The van der Waals surface area contributed by atoms with E-state index in [4.69, 9.17) is 5.73 Å². The Morgan fingerprint density at radius 2 is 1.83 bits per heavy atom. The third-order valence-corrected chi connectivity index (χ3v) is 4.12. The van der Waals surface area contributed by atoms with Crippen molar-refractivity contribution < 1.29 is 12.8 Å². The average molecular weight is 266 g/mol. The Bertz CT molecular complexity index is 657. The van der Waals surface area contributed by atoms with Gasteiger partial charge in [-0.05, 0) is 35.9 Å². The van der Waals surface area contributed by atoms with Crippen LogP contribution in [0.2, 0.25) is 0 Å². The summed E-state index contributed by atoms with van der Waals surface area (Å²) in [4.78, 5) is 3.72. The van der Waals surface area contributed by atoms with E-state index in [1.54, 1.807) is 12.1 Å². The number of hydrogen-bond acceptors (Lipinski definition) is 4. The second-order valence-electron chi connectivity index (χ2n) is 3.80. The molecule has 4 nitrogen and oxygen atoms in total. The highest BCUT2D eigenvalue weighted by molar-refractivity contribution is 7.90. The molecule has 0 unspecified atom stereocenters. The van der Waals surface area contributed by atoms with E-state index in [-0.39, 0.29) is 16.3 Å². The van der Waals surface area contributed by atoms with Gasteiger partial charge in [0, 0.05) is 12.4 Å². The third kappa shape index (κ3) is 2.65. The number of rotatable bonds is 3. The van der Waals surface area contributed by atoms with E-state index >= 15 is 0 Å². The van der Waals surface area contributed by atoms with Gasteiger partial charge >= 0.3 is 0 Å². The van der Waals surface area contributed by atoms with Crippen molar-refractivity contribution in [1.82, 2.24) is 4.98 Å². The van der Waals surface area contributed by atoms with E-state index < -0.39 is 15.7 Å². The molecule has 2 N–H and O–H groups in total. The van der Waals surface area contributed by atoms with Gasteiger partial charge in [0.15, 0.2) is 9.84 Å². The maximum atomic E-state index is 13.2. The Kier molecular flexibility index (Phi) is 3.29. The number of nitrogens with zero attached hydrogens (tertiary/aromatic N) is 1. The predicted octanol–water partition coefficient (Wildman–Crippen LogP) is 1.78. The van der Waals surface area contributed by atoms with Gasteiger partial charge in [0.05, 0.1) is 16.3 Å². The second-order valence-corrected chi connectivity index (χ2v) is 5.79. The predicted molar refractivity (Wildman–Crippen MR) is 65.9 cm³/mol. The molecule has 18 heavy (non-hydrogen) atoms. The van der Waals surface area contributed by atoms with Gasteiger partial charge in [0.1, 0.15) is 5.82 Å². The van der Waals surface area contributed by atoms with Gasteiger partial charge in [0.2, 0.25) is 0 Å². The van der Waals surface area contributed by atoms with Crippen LogP contribution >= 0.6 is 0 Å². The zero-order valence-electron chi connectivity index (χ0n) is 9.38. The Labute approximate surface area is 104 Å². The van der Waals surface area contributed by atoms with E-state index in [9.17, 15) is 12.8 Å². The van der Waals surface area contributed by atoms with Gasteiger partial charge in [0.25, 0.3) is 0 Å². The molecule has 0 aliphatic heterocycles. The molecule has 0 saturated carbocycles. The number of anilines is 1. The van der Waals surface area contributed by atoms with Crippen LogP contribution in [0.4, 0.5) is 10.1 Å². The van der Waals surface area contributed by atoms with Crippen LogP contribution < -0.4 is 5.73 Å². The molecule has 0 fully saturated rings. The highest BCUT2D eigenvalue weighted by Gasteiger charge is 2.16. The Hall–Kier alpha value is -1.95. The van der Waals surface area contributed by atoms with Crippen LogP contribution in [-0.2, 0) is 15.6 Å². The topological polar surface area (TPSA) is 73.1 Å². The lowest BCUT2D eigenvalue weighted by Gasteiger charge is -2.05. The minimum Gasteiger partial charge on any atom is -0.396 e. The van der Waals surface area contributed by atoms with Gasteiger partial charge in [-0.1, -0.05) is 0 Å². The summed E-state index contributed by atoms with van der Waals surface area (Å²) in [6.07, 6.45) is 3.02. The highest BCUT2D eigenvalue weighted by atomic mass is 32.2. The molecular formula is C12H11FN2O2S. The van der Waals surface area contributed by atoms with Crippen LogP contribution in [-0.4, -0.2) is 13.4 Å². The largest absolute Gasteiger partial charge is 0.396 e. The molecule has 0 radical (unpaired) electrons. The summed E-state index contributed by atoms with van der Waals surface area (Å²) in [7, 11) is -3.58. The fourth-order valence-electron chi connectivity index (χ4n) is 1.48. The van der Waals surface area contributed by atoms with Crippen molar-refractivity contribution in [3.8, 4) is 0 Å². The molecule has 94 valence electrons. The minimum atomic E-state index is -3.58. The molecule has 0 aliphatic rings. The average Bonchev–Trinajstić information content (AvgIpc) is 2.33. The fraction of sp³-hybridized carbons (Fsp3) is 0.0833. The van der Waals surface area contributed by atoms with E-state index in [1.807, 2.05) is 0 Å². The number of halogens is 1. The van der Waals surface area contributed by atoms with Crippen LogP contribution in [0, 0.1) is 5.82 Å². The van der Waals surface area contributed by atoms with Crippen molar-refractivity contribution in [3.05, 3.63) is 54.1 Å². The Balaban J connectivity index is 2.34. The number of hydrogen-bond donors (Lipinski definition) is 1. The minimum absolute atomic E-state index is 0.0714. The van der Waals surface area contributed by atoms with Crippen LogP contribution in [0.25, 0.3) is 0 Å². The first-order valence-electron chi connectivity index (χ1n) is 5.16. The first-order chi connectivity index (χ1) is 8.49. The van der Waals surface area contributed by atoms with Gasteiger partial charge in [-0.25, -0.2) is 12.8 Å². The summed E-state index contributed by atoms with van der Waals surface area (Å²) in [5.41, 5.74) is 5.83. The Morgan fingerprint density at radius 3 is 2.44 bits per heavy atom. The molecule has 0 atom stereocenters. The van der Waals surface area contributed by atoms with Crippen LogP contribution in [0.5, 0.6) is 0 Å². The summed E-state index contributed by atoms with van der Waals surface area (Å²) in [5.74, 6) is -0.926. The fourth-order valence-corrected chi connectivity index (χ4v) is 2.84. The summed E-state index contributed by atoms with van der Waals surface area (Å²) >= 11 is 0. The van der Waals surface area contributed by atoms with Gasteiger partial charge in [-0.3, -0.25) is 4.98 Å². The molecule has 0 saturated heterocycles. The van der Waals surface area contributed by atoms with Crippen molar-refractivity contribution in [2.45, 2.75) is 10.6 Å². The highest BCUT2D eigenvalue weighted by Crippen LogP contribution is 2.20. The maximum absolute atomic E-state index is 13.2. The summed E-state index contributed by atoms with van der Waals surface area (Å²) in [5, 5.41) is 0. The van der Waals surface area contributed by atoms with Gasteiger partial charge in [-0.2, -0.15) is 0 Å². The van der Waals surface area contributed by atoms with Crippen molar-refractivity contribution >= 4 is 15.5 Å². The summed E-state index contributed by atoms with van der Waals surface area (Å²) < 4.78 is 37.3. The number of aromatic nitrogens is 1. The lowest BCUT2D eigenvalue weighted by molar-refractivity contribution is 0.591. The van der Waals surface area contributed by atoms with E-state index in [0.29, 0.717) is 5.56 Å². The molecule has 1 aromatic heterocycles. The molecule has 1 heterocycles. The number of benzene rings is 1.